The number of ether oxygens (including phenoxy) is 2. The average molecular weight is 246 g/mol. The predicted molar refractivity (Wildman–Crippen MR) is 72.4 cm³/mol. The maximum absolute atomic E-state index is 10.9. The molecule has 0 amide bonds. The van der Waals surface area contributed by atoms with Gasteiger partial charge >= 0.3 is 5.97 Å². The number of carbonyl (C=O) groups excluding carboxylic acids is 1. The Morgan fingerprint density at radius 2 is 1.89 bits per heavy atom. The molecule has 0 aliphatic carbocycles. The fourth-order valence-electron chi connectivity index (χ4n) is 1.53. The monoisotopic (exact) mass is 246 g/mol. The molecule has 0 heterocycles. The van der Waals surface area contributed by atoms with E-state index in [4.69, 9.17) is 4.74 Å². The lowest BCUT2D eigenvalue weighted by molar-refractivity contribution is -0.134. The lowest BCUT2D eigenvalue weighted by Crippen LogP contribution is -1.93. The lowest BCUT2D eigenvalue weighted by atomic mass is 10.0. The van der Waals surface area contributed by atoms with Crippen LogP contribution < -0.4 is 4.74 Å². The first kappa shape index (κ1) is 14.0. The van der Waals surface area contributed by atoms with Gasteiger partial charge in [0.1, 0.15) is 5.75 Å². The minimum absolute atomic E-state index is 0.351. The molecule has 0 spiro atoms. The third-order valence-electron chi connectivity index (χ3n) is 2.57. The Hall–Kier alpha value is -2.03. The third kappa shape index (κ3) is 4.09. The van der Waals surface area contributed by atoms with E-state index in [2.05, 4.69) is 11.7 Å². The summed E-state index contributed by atoms with van der Waals surface area (Å²) in [6, 6.07) is 7.84. The zero-order chi connectivity index (χ0) is 13.4. The van der Waals surface area contributed by atoms with E-state index in [0.717, 1.165) is 23.3 Å². The van der Waals surface area contributed by atoms with Crippen molar-refractivity contribution in [3.63, 3.8) is 0 Å². The molecule has 96 valence electrons. The fraction of sp³-hybridized carbons (Fsp3) is 0.267. The average Bonchev–Trinajstić information content (AvgIpc) is 2.43. The molecule has 0 aliphatic rings. The van der Waals surface area contributed by atoms with Crippen LogP contribution in [0.2, 0.25) is 0 Å². The molecule has 0 saturated carbocycles. The van der Waals surface area contributed by atoms with Crippen molar-refractivity contribution >= 4 is 11.5 Å². The van der Waals surface area contributed by atoms with Gasteiger partial charge in [-0.1, -0.05) is 31.2 Å². The molecule has 0 radical (unpaired) electrons. The first-order valence-corrected chi connectivity index (χ1v) is 5.80. The Balaban J connectivity index is 2.84. The van der Waals surface area contributed by atoms with Gasteiger partial charge in [-0.3, -0.25) is 0 Å². The van der Waals surface area contributed by atoms with Crippen LogP contribution in [0.25, 0.3) is 5.57 Å². The van der Waals surface area contributed by atoms with E-state index in [0.29, 0.717) is 0 Å². The number of allylic oxidation sites excluding steroid dienone is 3. The van der Waals surface area contributed by atoms with Crippen molar-refractivity contribution in [1.82, 2.24) is 0 Å². The topological polar surface area (TPSA) is 35.5 Å². The fourth-order valence-corrected chi connectivity index (χ4v) is 1.53. The van der Waals surface area contributed by atoms with Crippen molar-refractivity contribution in [3.8, 4) is 5.75 Å². The molecule has 0 aromatic heterocycles. The minimum atomic E-state index is -0.351. The molecule has 0 fully saturated rings. The highest BCUT2D eigenvalue weighted by atomic mass is 16.5. The third-order valence-corrected chi connectivity index (χ3v) is 2.57. The summed E-state index contributed by atoms with van der Waals surface area (Å²) in [5, 5.41) is 0. The van der Waals surface area contributed by atoms with E-state index < -0.39 is 0 Å². The molecule has 0 bridgehead atoms. The van der Waals surface area contributed by atoms with Crippen LogP contribution in [0.3, 0.4) is 0 Å². The largest absolute Gasteiger partial charge is 0.497 e. The Morgan fingerprint density at radius 3 is 2.39 bits per heavy atom. The smallest absolute Gasteiger partial charge is 0.330 e. The van der Waals surface area contributed by atoms with Gasteiger partial charge in [0.25, 0.3) is 0 Å². The van der Waals surface area contributed by atoms with Crippen molar-refractivity contribution in [3.05, 3.63) is 48.1 Å². The summed E-state index contributed by atoms with van der Waals surface area (Å²) < 4.78 is 9.65. The number of methoxy groups -OCH3 is 2. The Kier molecular flexibility index (Phi) is 5.71. The van der Waals surface area contributed by atoms with Crippen LogP contribution in [0.15, 0.2) is 42.5 Å². The van der Waals surface area contributed by atoms with Crippen molar-refractivity contribution in [1.29, 1.82) is 0 Å². The van der Waals surface area contributed by atoms with E-state index in [-0.39, 0.29) is 5.97 Å². The Labute approximate surface area is 108 Å². The van der Waals surface area contributed by atoms with Crippen LogP contribution in [-0.2, 0) is 9.53 Å². The maximum atomic E-state index is 10.9. The summed E-state index contributed by atoms with van der Waals surface area (Å²) in [6.07, 6.45) is 5.91. The van der Waals surface area contributed by atoms with Gasteiger partial charge in [-0.05, 0) is 29.7 Å². The summed E-state index contributed by atoms with van der Waals surface area (Å²) in [4.78, 5) is 10.9. The number of rotatable bonds is 5. The van der Waals surface area contributed by atoms with Crippen LogP contribution in [0.1, 0.15) is 18.9 Å². The second-order valence-corrected chi connectivity index (χ2v) is 3.66. The molecule has 18 heavy (non-hydrogen) atoms. The molecule has 1 aromatic carbocycles. The van der Waals surface area contributed by atoms with E-state index in [1.165, 1.54) is 13.2 Å². The van der Waals surface area contributed by atoms with Crippen molar-refractivity contribution < 1.29 is 14.3 Å². The first-order valence-electron chi connectivity index (χ1n) is 5.80. The second-order valence-electron chi connectivity index (χ2n) is 3.66. The highest BCUT2D eigenvalue weighted by molar-refractivity contribution is 5.82. The van der Waals surface area contributed by atoms with Crippen molar-refractivity contribution in [2.75, 3.05) is 14.2 Å². The first-order chi connectivity index (χ1) is 8.71. The summed E-state index contributed by atoms with van der Waals surface area (Å²) in [6.45, 7) is 2.07. The van der Waals surface area contributed by atoms with Gasteiger partial charge in [0.2, 0.25) is 0 Å². The quantitative estimate of drug-likeness (QED) is 0.454. The molecular formula is C15H18O3. The molecule has 1 aromatic rings. The summed E-state index contributed by atoms with van der Waals surface area (Å²) in [5.41, 5.74) is 2.27. The van der Waals surface area contributed by atoms with Gasteiger partial charge in [0.05, 0.1) is 14.2 Å². The number of benzene rings is 1. The standard InChI is InChI=1S/C15H18O3/c1-4-12(6-5-7-15(16)18-3)13-8-10-14(17-2)11-9-13/h5-11H,4H2,1-3H3/b7-5+,12-6+. The molecule has 0 saturated heterocycles. The Bertz CT molecular complexity index is 441. The van der Waals surface area contributed by atoms with E-state index >= 15 is 0 Å². The SMILES string of the molecule is CC/C(=C\C=C\C(=O)OC)c1ccc(OC)cc1. The van der Waals surface area contributed by atoms with Gasteiger partial charge in [-0.15, -0.1) is 0 Å². The maximum Gasteiger partial charge on any atom is 0.330 e. The van der Waals surface area contributed by atoms with Gasteiger partial charge < -0.3 is 9.47 Å². The predicted octanol–water partition coefficient (Wildman–Crippen LogP) is 3.22. The van der Waals surface area contributed by atoms with Crippen LogP contribution in [-0.4, -0.2) is 20.2 Å². The van der Waals surface area contributed by atoms with E-state index in [1.807, 2.05) is 30.3 Å². The molecule has 0 aliphatic heterocycles. The molecule has 0 N–H and O–H groups in total. The molecule has 0 atom stereocenters. The molecular weight excluding hydrogens is 228 g/mol. The zero-order valence-electron chi connectivity index (χ0n) is 11.0. The van der Waals surface area contributed by atoms with Crippen LogP contribution in [0.5, 0.6) is 5.75 Å². The zero-order valence-corrected chi connectivity index (χ0v) is 11.0. The van der Waals surface area contributed by atoms with Gasteiger partial charge in [0, 0.05) is 6.08 Å². The van der Waals surface area contributed by atoms with Crippen LogP contribution in [0, 0.1) is 0 Å². The van der Waals surface area contributed by atoms with Gasteiger partial charge in [0.15, 0.2) is 0 Å². The number of carbonyl (C=O) groups is 1. The Morgan fingerprint density at radius 1 is 1.22 bits per heavy atom. The number of hydrogen-bond acceptors (Lipinski definition) is 3. The highest BCUT2D eigenvalue weighted by Gasteiger charge is 1.99. The summed E-state index contributed by atoms with van der Waals surface area (Å²) >= 11 is 0. The summed E-state index contributed by atoms with van der Waals surface area (Å²) in [5.74, 6) is 0.482. The normalized spacial score (nSPS) is 11.6. The van der Waals surface area contributed by atoms with Crippen molar-refractivity contribution in [2.45, 2.75) is 13.3 Å². The molecule has 0 unspecified atom stereocenters. The van der Waals surface area contributed by atoms with Gasteiger partial charge in [-0.25, -0.2) is 4.79 Å². The molecule has 3 nitrogen and oxygen atoms in total. The minimum Gasteiger partial charge on any atom is -0.497 e. The van der Waals surface area contributed by atoms with Crippen molar-refractivity contribution in [2.24, 2.45) is 0 Å². The lowest BCUT2D eigenvalue weighted by Gasteiger charge is -2.05. The van der Waals surface area contributed by atoms with E-state index in [9.17, 15) is 4.79 Å². The number of esters is 1. The number of hydrogen-bond donors (Lipinski definition) is 0. The second kappa shape index (κ2) is 7.33. The highest BCUT2D eigenvalue weighted by Crippen LogP contribution is 2.21. The van der Waals surface area contributed by atoms with Crippen LogP contribution in [0.4, 0.5) is 0 Å². The van der Waals surface area contributed by atoms with Crippen LogP contribution >= 0.6 is 0 Å². The van der Waals surface area contributed by atoms with Gasteiger partial charge in [-0.2, -0.15) is 0 Å². The molecule has 1 rings (SSSR count). The molecule has 3 heteroatoms. The van der Waals surface area contributed by atoms with E-state index in [1.54, 1.807) is 13.2 Å². The summed E-state index contributed by atoms with van der Waals surface area (Å²) in [7, 11) is 3.01.